The Morgan fingerprint density at radius 1 is 1.00 bits per heavy atom. The first-order chi connectivity index (χ1) is 8.79. The van der Waals surface area contributed by atoms with Crippen LogP contribution in [-0.4, -0.2) is 24.5 Å². The second-order valence-electron chi connectivity index (χ2n) is 7.11. The molecule has 5 aliphatic rings. The molecule has 4 aliphatic carbocycles. The fraction of sp³-hybridized carbons (Fsp3) is 0.933. The summed E-state index contributed by atoms with van der Waals surface area (Å²) in [5.41, 5.74) is 0. The Hall–Kier alpha value is -0.570. The van der Waals surface area contributed by atoms with Gasteiger partial charge in [0.1, 0.15) is 0 Å². The maximum Gasteiger partial charge on any atom is 0.237 e. The maximum atomic E-state index is 12.3. The number of hydrogen-bond acceptors (Lipinski definition) is 2. The molecule has 2 N–H and O–H groups in total. The number of rotatable bonds is 2. The molecule has 0 spiro atoms. The molecule has 5 fully saturated rings. The number of nitrogens with one attached hydrogen (secondary N) is 2. The van der Waals surface area contributed by atoms with Crippen LogP contribution in [0.25, 0.3) is 0 Å². The first-order valence-corrected chi connectivity index (χ1v) is 7.83. The molecule has 3 heteroatoms. The molecule has 1 aliphatic heterocycles. The lowest BCUT2D eigenvalue weighted by molar-refractivity contribution is -0.126. The van der Waals surface area contributed by atoms with Gasteiger partial charge in [0.25, 0.3) is 0 Å². The molecule has 3 nitrogen and oxygen atoms in total. The Balaban J connectivity index is 1.44. The molecule has 4 bridgehead atoms. The average molecular weight is 248 g/mol. The number of hydrogen-bond donors (Lipinski definition) is 2. The molecule has 1 atom stereocenters. The topological polar surface area (TPSA) is 41.1 Å². The van der Waals surface area contributed by atoms with Crippen LogP contribution in [0.4, 0.5) is 0 Å². The third kappa shape index (κ3) is 1.78. The third-order valence-corrected chi connectivity index (χ3v) is 5.91. The minimum Gasteiger partial charge on any atom is -0.351 e. The van der Waals surface area contributed by atoms with Crippen LogP contribution in [0.5, 0.6) is 0 Å². The van der Waals surface area contributed by atoms with Gasteiger partial charge in [0.05, 0.1) is 6.04 Å². The number of carbonyl (C=O) groups excluding carboxylic acids is 1. The Labute approximate surface area is 109 Å². The zero-order valence-corrected chi connectivity index (χ0v) is 11.0. The van der Waals surface area contributed by atoms with Crippen LogP contribution in [-0.2, 0) is 4.79 Å². The van der Waals surface area contributed by atoms with E-state index in [1.54, 1.807) is 0 Å². The summed E-state index contributed by atoms with van der Waals surface area (Å²) < 4.78 is 0. The Morgan fingerprint density at radius 2 is 1.67 bits per heavy atom. The van der Waals surface area contributed by atoms with Gasteiger partial charge in [-0.05, 0) is 75.2 Å². The smallest absolute Gasteiger partial charge is 0.237 e. The van der Waals surface area contributed by atoms with Crippen LogP contribution in [0.1, 0.15) is 44.9 Å². The molecule has 0 aromatic carbocycles. The van der Waals surface area contributed by atoms with Gasteiger partial charge in [-0.2, -0.15) is 0 Å². The first kappa shape index (κ1) is 11.3. The summed E-state index contributed by atoms with van der Waals surface area (Å²) >= 11 is 0. The van der Waals surface area contributed by atoms with Gasteiger partial charge in [-0.3, -0.25) is 4.79 Å². The second-order valence-corrected chi connectivity index (χ2v) is 7.11. The molecule has 1 heterocycles. The standard InChI is InChI=1S/C15H24N2O/c18-15(13-2-1-3-16-13)17-14-11-5-9-4-10(7-11)8-12(14)6-9/h9-14,16H,1-8H2,(H,17,18). The SMILES string of the molecule is O=C(NC1C2CC3CC(C2)CC1C3)C1CCCN1. The van der Waals surface area contributed by atoms with Gasteiger partial charge in [-0.1, -0.05) is 0 Å². The van der Waals surface area contributed by atoms with Crippen LogP contribution in [0, 0.1) is 23.7 Å². The molecule has 0 aromatic rings. The van der Waals surface area contributed by atoms with Crippen molar-refractivity contribution in [1.29, 1.82) is 0 Å². The zero-order chi connectivity index (χ0) is 12.1. The molecule has 0 radical (unpaired) electrons. The van der Waals surface area contributed by atoms with Crippen LogP contribution < -0.4 is 10.6 Å². The second kappa shape index (κ2) is 4.22. The highest BCUT2D eigenvalue weighted by Crippen LogP contribution is 2.53. The van der Waals surface area contributed by atoms with E-state index in [2.05, 4.69) is 10.6 Å². The van der Waals surface area contributed by atoms with Gasteiger partial charge in [-0.15, -0.1) is 0 Å². The molecular formula is C15H24N2O. The largest absolute Gasteiger partial charge is 0.351 e. The van der Waals surface area contributed by atoms with Crippen LogP contribution in [0.15, 0.2) is 0 Å². The Morgan fingerprint density at radius 3 is 2.22 bits per heavy atom. The predicted octanol–water partition coefficient (Wildman–Crippen LogP) is 1.68. The number of carbonyl (C=O) groups is 1. The van der Waals surface area contributed by atoms with E-state index in [9.17, 15) is 4.79 Å². The van der Waals surface area contributed by atoms with Gasteiger partial charge in [0.15, 0.2) is 0 Å². The Kier molecular flexibility index (Phi) is 2.65. The first-order valence-electron chi connectivity index (χ1n) is 7.83. The summed E-state index contributed by atoms with van der Waals surface area (Å²) in [6.45, 7) is 1.01. The number of amides is 1. The Bertz CT molecular complexity index is 320. The fourth-order valence-corrected chi connectivity index (χ4v) is 5.33. The van der Waals surface area contributed by atoms with Crippen molar-refractivity contribution in [2.24, 2.45) is 23.7 Å². The average Bonchev–Trinajstić information content (AvgIpc) is 2.86. The lowest BCUT2D eigenvalue weighted by Gasteiger charge is -2.54. The van der Waals surface area contributed by atoms with Gasteiger partial charge >= 0.3 is 0 Å². The van der Waals surface area contributed by atoms with Crippen molar-refractivity contribution in [3.63, 3.8) is 0 Å². The molecular weight excluding hydrogens is 224 g/mol. The van der Waals surface area contributed by atoms with Crippen molar-refractivity contribution in [2.75, 3.05) is 6.54 Å². The van der Waals surface area contributed by atoms with E-state index in [0.29, 0.717) is 6.04 Å². The van der Waals surface area contributed by atoms with Crippen LogP contribution >= 0.6 is 0 Å². The molecule has 4 saturated carbocycles. The van der Waals surface area contributed by atoms with Crippen LogP contribution in [0.3, 0.4) is 0 Å². The third-order valence-electron chi connectivity index (χ3n) is 5.91. The summed E-state index contributed by atoms with van der Waals surface area (Å²) in [6.07, 6.45) is 9.20. The van der Waals surface area contributed by atoms with Crippen molar-refractivity contribution in [3.8, 4) is 0 Å². The van der Waals surface area contributed by atoms with Crippen molar-refractivity contribution in [2.45, 2.75) is 57.0 Å². The van der Waals surface area contributed by atoms with Gasteiger partial charge < -0.3 is 10.6 Å². The molecule has 1 amide bonds. The summed E-state index contributed by atoms with van der Waals surface area (Å²) in [6, 6.07) is 0.606. The van der Waals surface area contributed by atoms with Crippen molar-refractivity contribution < 1.29 is 4.79 Å². The molecule has 18 heavy (non-hydrogen) atoms. The highest BCUT2D eigenvalue weighted by Gasteiger charge is 2.48. The molecule has 1 unspecified atom stereocenters. The quantitative estimate of drug-likeness (QED) is 0.780. The van der Waals surface area contributed by atoms with Crippen molar-refractivity contribution in [3.05, 3.63) is 0 Å². The lowest BCUT2D eigenvalue weighted by atomic mass is 9.54. The maximum absolute atomic E-state index is 12.3. The minimum absolute atomic E-state index is 0.0992. The fourth-order valence-electron chi connectivity index (χ4n) is 5.33. The highest BCUT2D eigenvalue weighted by molar-refractivity contribution is 5.82. The van der Waals surface area contributed by atoms with E-state index in [1.165, 1.54) is 32.1 Å². The highest BCUT2D eigenvalue weighted by atomic mass is 16.2. The lowest BCUT2D eigenvalue weighted by Crippen LogP contribution is -2.58. The van der Waals surface area contributed by atoms with E-state index >= 15 is 0 Å². The van der Waals surface area contributed by atoms with Crippen molar-refractivity contribution >= 4 is 5.91 Å². The monoisotopic (exact) mass is 248 g/mol. The zero-order valence-electron chi connectivity index (χ0n) is 11.0. The van der Waals surface area contributed by atoms with Gasteiger partial charge in [0.2, 0.25) is 5.91 Å². The molecule has 100 valence electrons. The normalized spacial score (nSPS) is 49.6. The van der Waals surface area contributed by atoms with Gasteiger partial charge in [0, 0.05) is 6.04 Å². The molecule has 5 rings (SSSR count). The van der Waals surface area contributed by atoms with Gasteiger partial charge in [-0.25, -0.2) is 0 Å². The molecule has 1 saturated heterocycles. The van der Waals surface area contributed by atoms with Crippen LogP contribution in [0.2, 0.25) is 0 Å². The summed E-state index contributed by atoms with van der Waals surface area (Å²) in [5.74, 6) is 3.86. The van der Waals surface area contributed by atoms with E-state index in [-0.39, 0.29) is 11.9 Å². The summed E-state index contributed by atoms with van der Waals surface area (Å²) in [4.78, 5) is 12.3. The molecule has 0 aromatic heterocycles. The van der Waals surface area contributed by atoms with E-state index in [1.807, 2.05) is 0 Å². The predicted molar refractivity (Wildman–Crippen MR) is 70.0 cm³/mol. The summed E-state index contributed by atoms with van der Waals surface area (Å²) in [5, 5.41) is 6.72. The van der Waals surface area contributed by atoms with E-state index in [4.69, 9.17) is 0 Å². The summed E-state index contributed by atoms with van der Waals surface area (Å²) in [7, 11) is 0. The minimum atomic E-state index is 0.0992. The van der Waals surface area contributed by atoms with Crippen molar-refractivity contribution in [1.82, 2.24) is 10.6 Å². The van der Waals surface area contributed by atoms with E-state index < -0.39 is 0 Å². The van der Waals surface area contributed by atoms with E-state index in [0.717, 1.165) is 43.1 Å².